The summed E-state index contributed by atoms with van der Waals surface area (Å²) in [6, 6.07) is 10.2. The van der Waals surface area contributed by atoms with E-state index in [1.165, 1.54) is 30.3 Å². The van der Waals surface area contributed by atoms with Crippen molar-refractivity contribution in [3.05, 3.63) is 59.4 Å². The molecule has 0 fully saturated rings. The summed E-state index contributed by atoms with van der Waals surface area (Å²) in [5.41, 5.74) is 3.82. The highest BCUT2D eigenvalue weighted by Gasteiger charge is 2.12. The number of anilines is 1. The first kappa shape index (κ1) is 18.1. The molecule has 0 radical (unpaired) electrons. The van der Waals surface area contributed by atoms with E-state index >= 15 is 0 Å². The van der Waals surface area contributed by atoms with Gasteiger partial charge in [-0.15, -0.1) is 0 Å². The van der Waals surface area contributed by atoms with Crippen LogP contribution < -0.4 is 10.7 Å². The van der Waals surface area contributed by atoms with Gasteiger partial charge in [-0.3, -0.25) is 9.59 Å². The number of nitrogens with one attached hydrogen (secondary N) is 2. The van der Waals surface area contributed by atoms with Crippen molar-refractivity contribution in [3.63, 3.8) is 0 Å². The van der Waals surface area contributed by atoms with Crippen molar-refractivity contribution in [2.75, 3.05) is 5.32 Å². The lowest BCUT2D eigenvalue weighted by Gasteiger charge is -2.07. The van der Waals surface area contributed by atoms with E-state index in [-0.39, 0.29) is 23.6 Å². The third kappa shape index (κ3) is 5.13. The second kappa shape index (κ2) is 8.05. The topological polar surface area (TPSA) is 90.8 Å². The molecule has 0 saturated carbocycles. The number of phenols is 1. The number of para-hydroxylation sites is 1. The maximum Gasteiger partial charge on any atom is 0.275 e. The minimum atomic E-state index is -0.570. The van der Waals surface area contributed by atoms with Gasteiger partial charge >= 0.3 is 0 Å². The molecular weight excluding hydrogens is 325 g/mol. The van der Waals surface area contributed by atoms with Crippen LogP contribution in [0.3, 0.4) is 0 Å². The third-order valence-corrected chi connectivity index (χ3v) is 3.38. The van der Waals surface area contributed by atoms with Gasteiger partial charge in [0, 0.05) is 11.4 Å². The zero-order chi connectivity index (χ0) is 18.4. The van der Waals surface area contributed by atoms with Crippen LogP contribution in [0.4, 0.5) is 10.1 Å². The summed E-state index contributed by atoms with van der Waals surface area (Å²) < 4.78 is 12.8. The molecular formula is C18H18FN3O3. The highest BCUT2D eigenvalue weighted by Crippen LogP contribution is 2.21. The summed E-state index contributed by atoms with van der Waals surface area (Å²) in [5.74, 6) is -1.42. The van der Waals surface area contributed by atoms with Gasteiger partial charge in [0.1, 0.15) is 11.6 Å². The first-order chi connectivity index (χ1) is 11.9. The Balaban J connectivity index is 1.92. The van der Waals surface area contributed by atoms with Crippen LogP contribution in [-0.4, -0.2) is 22.6 Å². The molecule has 0 aliphatic rings. The van der Waals surface area contributed by atoms with E-state index in [1.54, 1.807) is 26.0 Å². The number of nitrogens with zero attached hydrogens (tertiary/aromatic N) is 1. The van der Waals surface area contributed by atoms with Crippen molar-refractivity contribution in [1.82, 2.24) is 5.43 Å². The standard InChI is InChI=1S/C18H18FN3O3/c1-11-4-3-5-15(17(11)24)18(25)22-21-12(2)10-16(23)20-14-8-6-13(19)7-9-14/h3-9,24H,10H2,1-2H3,(H,20,23)(H,22,25)/b21-12-. The average Bonchev–Trinajstić information content (AvgIpc) is 2.57. The van der Waals surface area contributed by atoms with E-state index in [2.05, 4.69) is 15.8 Å². The number of aromatic hydroxyl groups is 1. The molecule has 2 aromatic rings. The van der Waals surface area contributed by atoms with Crippen molar-refractivity contribution in [2.24, 2.45) is 5.10 Å². The molecule has 0 saturated heterocycles. The van der Waals surface area contributed by atoms with E-state index in [0.717, 1.165) is 0 Å². The highest BCUT2D eigenvalue weighted by atomic mass is 19.1. The van der Waals surface area contributed by atoms with E-state index in [9.17, 15) is 19.1 Å². The molecule has 130 valence electrons. The van der Waals surface area contributed by atoms with Crippen LogP contribution in [0, 0.1) is 12.7 Å². The van der Waals surface area contributed by atoms with E-state index < -0.39 is 11.7 Å². The van der Waals surface area contributed by atoms with Gasteiger partial charge in [0.2, 0.25) is 5.91 Å². The Morgan fingerprint density at radius 1 is 1.16 bits per heavy atom. The van der Waals surface area contributed by atoms with Gasteiger partial charge in [-0.05, 0) is 49.7 Å². The minimum absolute atomic E-state index is 0.0442. The van der Waals surface area contributed by atoms with Crippen molar-refractivity contribution >= 4 is 23.2 Å². The molecule has 7 heteroatoms. The van der Waals surface area contributed by atoms with Crippen molar-refractivity contribution in [1.29, 1.82) is 0 Å². The van der Waals surface area contributed by atoms with E-state index in [4.69, 9.17) is 0 Å². The third-order valence-electron chi connectivity index (χ3n) is 3.38. The number of hydrogen-bond donors (Lipinski definition) is 3. The number of aryl methyl sites for hydroxylation is 1. The Bertz CT molecular complexity index is 817. The number of phenolic OH excluding ortho intramolecular Hbond substituents is 1. The number of carbonyl (C=O) groups is 2. The predicted octanol–water partition coefficient (Wildman–Crippen LogP) is 2.97. The first-order valence-electron chi connectivity index (χ1n) is 7.54. The quantitative estimate of drug-likeness (QED) is 0.576. The Hall–Kier alpha value is -3.22. The van der Waals surface area contributed by atoms with Crippen LogP contribution in [0.1, 0.15) is 29.3 Å². The lowest BCUT2D eigenvalue weighted by molar-refractivity contribution is -0.115. The van der Waals surface area contributed by atoms with Crippen LogP contribution in [0.15, 0.2) is 47.6 Å². The van der Waals surface area contributed by atoms with Crippen molar-refractivity contribution < 1.29 is 19.1 Å². The summed E-state index contributed by atoms with van der Waals surface area (Å²) in [5, 5.41) is 16.3. The summed E-state index contributed by atoms with van der Waals surface area (Å²) in [7, 11) is 0. The fourth-order valence-corrected chi connectivity index (χ4v) is 2.06. The normalized spacial score (nSPS) is 11.1. The second-order valence-electron chi connectivity index (χ2n) is 5.49. The molecule has 0 atom stereocenters. The molecule has 0 aliphatic heterocycles. The lowest BCUT2D eigenvalue weighted by Crippen LogP contribution is -2.21. The zero-order valence-corrected chi connectivity index (χ0v) is 13.8. The highest BCUT2D eigenvalue weighted by molar-refractivity contribution is 6.06. The second-order valence-corrected chi connectivity index (χ2v) is 5.49. The van der Waals surface area contributed by atoms with Gasteiger partial charge in [0.15, 0.2) is 0 Å². The smallest absolute Gasteiger partial charge is 0.275 e. The first-order valence-corrected chi connectivity index (χ1v) is 7.54. The molecule has 0 spiro atoms. The molecule has 0 bridgehead atoms. The fraction of sp³-hybridized carbons (Fsp3) is 0.167. The Labute approximate surface area is 144 Å². The molecule has 2 aromatic carbocycles. The molecule has 3 N–H and O–H groups in total. The van der Waals surface area contributed by atoms with Crippen LogP contribution in [-0.2, 0) is 4.79 Å². The van der Waals surface area contributed by atoms with Crippen LogP contribution in [0.2, 0.25) is 0 Å². The van der Waals surface area contributed by atoms with Crippen molar-refractivity contribution in [2.45, 2.75) is 20.3 Å². The Morgan fingerprint density at radius 2 is 1.84 bits per heavy atom. The van der Waals surface area contributed by atoms with Gasteiger partial charge in [-0.1, -0.05) is 12.1 Å². The van der Waals surface area contributed by atoms with Gasteiger partial charge < -0.3 is 10.4 Å². The van der Waals surface area contributed by atoms with Gasteiger partial charge in [0.25, 0.3) is 5.91 Å². The molecule has 0 aliphatic carbocycles. The molecule has 2 rings (SSSR count). The van der Waals surface area contributed by atoms with Gasteiger partial charge in [-0.25, -0.2) is 9.82 Å². The van der Waals surface area contributed by atoms with Gasteiger partial charge in [-0.2, -0.15) is 5.10 Å². The number of amides is 2. The fourth-order valence-electron chi connectivity index (χ4n) is 2.06. The monoisotopic (exact) mass is 343 g/mol. The number of hydrogen-bond acceptors (Lipinski definition) is 4. The average molecular weight is 343 g/mol. The summed E-state index contributed by atoms with van der Waals surface area (Å²) >= 11 is 0. The minimum Gasteiger partial charge on any atom is -0.507 e. The molecule has 6 nitrogen and oxygen atoms in total. The lowest BCUT2D eigenvalue weighted by atomic mass is 10.1. The molecule has 25 heavy (non-hydrogen) atoms. The number of halogens is 1. The number of hydrazone groups is 1. The maximum absolute atomic E-state index is 12.8. The van der Waals surface area contributed by atoms with E-state index in [0.29, 0.717) is 17.0 Å². The molecule has 2 amide bonds. The number of benzene rings is 2. The Morgan fingerprint density at radius 3 is 2.52 bits per heavy atom. The van der Waals surface area contributed by atoms with Crippen LogP contribution >= 0.6 is 0 Å². The largest absolute Gasteiger partial charge is 0.507 e. The predicted molar refractivity (Wildman–Crippen MR) is 93.1 cm³/mol. The SMILES string of the molecule is C/C(CC(=O)Nc1ccc(F)cc1)=N/NC(=O)c1cccc(C)c1O. The number of carbonyl (C=O) groups excluding carboxylic acids is 2. The molecule has 0 heterocycles. The summed E-state index contributed by atoms with van der Waals surface area (Å²) in [6.45, 7) is 3.26. The van der Waals surface area contributed by atoms with Gasteiger partial charge in [0.05, 0.1) is 12.0 Å². The summed E-state index contributed by atoms with van der Waals surface area (Å²) in [4.78, 5) is 23.9. The Kier molecular flexibility index (Phi) is 5.84. The molecule has 0 aromatic heterocycles. The van der Waals surface area contributed by atoms with Crippen LogP contribution in [0.25, 0.3) is 0 Å². The summed E-state index contributed by atoms with van der Waals surface area (Å²) in [6.07, 6.45) is -0.0442. The van der Waals surface area contributed by atoms with E-state index in [1.807, 2.05) is 0 Å². The number of rotatable bonds is 5. The zero-order valence-electron chi connectivity index (χ0n) is 13.8. The van der Waals surface area contributed by atoms with Crippen molar-refractivity contribution in [3.8, 4) is 5.75 Å². The molecule has 0 unspecified atom stereocenters. The van der Waals surface area contributed by atoms with Crippen LogP contribution in [0.5, 0.6) is 5.75 Å². The maximum atomic E-state index is 12.8.